The van der Waals surface area contributed by atoms with Crippen LogP contribution < -0.4 is 0 Å². The molecule has 6 nitrogen and oxygen atoms in total. The van der Waals surface area contributed by atoms with Crippen LogP contribution in [0, 0.1) is 34.3 Å². The molecule has 0 N–H and O–H groups in total. The molecule has 1 aliphatic carbocycles. The number of carbonyl (C=O) groups is 1. The highest BCUT2D eigenvalue weighted by Gasteiger charge is 2.52. The summed E-state index contributed by atoms with van der Waals surface area (Å²) in [5.41, 5.74) is 0.0447. The molecule has 1 aromatic rings. The Kier molecular flexibility index (Phi) is 8.77. The van der Waals surface area contributed by atoms with E-state index in [1.54, 1.807) is 6.08 Å². The van der Waals surface area contributed by atoms with E-state index in [0.717, 1.165) is 12.8 Å². The molecule has 3 rings (SSSR count). The van der Waals surface area contributed by atoms with E-state index in [0.29, 0.717) is 25.1 Å². The van der Waals surface area contributed by atoms with Gasteiger partial charge >= 0.3 is 0 Å². The van der Waals surface area contributed by atoms with Gasteiger partial charge in [-0.05, 0) is 72.6 Å². The van der Waals surface area contributed by atoms with Crippen molar-refractivity contribution in [1.82, 2.24) is 4.90 Å². The molecule has 1 saturated carbocycles. The van der Waals surface area contributed by atoms with Gasteiger partial charge in [-0.1, -0.05) is 33.4 Å². The average Bonchev–Trinajstić information content (AvgIpc) is 3.26. The van der Waals surface area contributed by atoms with Crippen LogP contribution in [0.2, 0.25) is 0 Å². The first-order valence-electron chi connectivity index (χ1n) is 12.9. The largest absolute Gasteiger partial charge is 0.342 e. The minimum absolute atomic E-state index is 0.00294. The van der Waals surface area contributed by atoms with Crippen molar-refractivity contribution in [2.75, 3.05) is 31.6 Å². The van der Waals surface area contributed by atoms with E-state index in [2.05, 4.69) is 37.6 Å². The number of carbonyl (C=O) groups excluding carboxylic acids is 1. The average molecular weight is 536 g/mol. The number of benzene rings is 1. The second-order valence-corrected chi connectivity index (χ2v) is 13.5. The minimum Gasteiger partial charge on any atom is -0.342 e. The second kappa shape index (κ2) is 11.1. The van der Waals surface area contributed by atoms with E-state index >= 15 is 0 Å². The molecule has 1 amide bonds. The Hall–Kier alpha value is -2.42. The molecule has 1 unspecified atom stereocenters. The Morgan fingerprint density at radius 3 is 2.41 bits per heavy atom. The number of hydrogen-bond acceptors (Lipinski definition) is 5. The molecule has 1 heterocycles. The SMILES string of the molecule is C=C(/C=C(\N=NC)c1c(F)cccc1F)[C@@H]1CC[C@@](C)(CN(CC)C(=O)CC2CCS(=O)(=O)C2)C1(C)C. The summed E-state index contributed by atoms with van der Waals surface area (Å²) in [5.74, 6) is -1.29. The molecule has 1 aromatic carbocycles. The maximum Gasteiger partial charge on any atom is 0.222 e. The van der Waals surface area contributed by atoms with Gasteiger partial charge in [0.15, 0.2) is 9.84 Å². The van der Waals surface area contributed by atoms with Gasteiger partial charge in [0.1, 0.15) is 11.6 Å². The fraction of sp³-hybridized carbons (Fsp3) is 0.607. The Bertz CT molecular complexity index is 1190. The van der Waals surface area contributed by atoms with E-state index in [-0.39, 0.29) is 57.8 Å². The topological polar surface area (TPSA) is 79.2 Å². The molecule has 204 valence electrons. The smallest absolute Gasteiger partial charge is 0.222 e. The Labute approximate surface area is 219 Å². The Morgan fingerprint density at radius 1 is 1.22 bits per heavy atom. The highest BCUT2D eigenvalue weighted by molar-refractivity contribution is 7.91. The first-order chi connectivity index (χ1) is 17.2. The lowest BCUT2D eigenvalue weighted by molar-refractivity contribution is -0.134. The van der Waals surface area contributed by atoms with E-state index in [9.17, 15) is 22.0 Å². The maximum atomic E-state index is 14.5. The van der Waals surface area contributed by atoms with Crippen LogP contribution in [-0.2, 0) is 14.6 Å². The molecule has 0 spiro atoms. The first kappa shape index (κ1) is 29.1. The van der Waals surface area contributed by atoms with Crippen molar-refractivity contribution in [1.29, 1.82) is 0 Å². The van der Waals surface area contributed by atoms with Crippen LogP contribution in [0.15, 0.2) is 46.7 Å². The van der Waals surface area contributed by atoms with Gasteiger partial charge in [0.25, 0.3) is 0 Å². The van der Waals surface area contributed by atoms with Crippen molar-refractivity contribution in [2.24, 2.45) is 32.9 Å². The van der Waals surface area contributed by atoms with Crippen LogP contribution >= 0.6 is 0 Å². The van der Waals surface area contributed by atoms with Crippen molar-refractivity contribution in [3.05, 3.63) is 53.6 Å². The van der Waals surface area contributed by atoms with Gasteiger partial charge < -0.3 is 4.90 Å². The zero-order valence-electron chi connectivity index (χ0n) is 22.6. The number of azo groups is 1. The van der Waals surface area contributed by atoms with Crippen LogP contribution in [0.25, 0.3) is 5.70 Å². The van der Waals surface area contributed by atoms with Gasteiger partial charge in [0, 0.05) is 26.6 Å². The van der Waals surface area contributed by atoms with Gasteiger partial charge in [-0.15, -0.1) is 0 Å². The first-order valence-corrected chi connectivity index (χ1v) is 14.7. The Balaban J connectivity index is 1.80. The summed E-state index contributed by atoms with van der Waals surface area (Å²) in [6.45, 7) is 13.8. The minimum atomic E-state index is -3.03. The van der Waals surface area contributed by atoms with Crippen molar-refractivity contribution in [2.45, 2.75) is 53.4 Å². The predicted molar refractivity (Wildman–Crippen MR) is 142 cm³/mol. The molecular formula is C28H39F2N3O3S. The molecule has 2 fully saturated rings. The summed E-state index contributed by atoms with van der Waals surface area (Å²) in [4.78, 5) is 15.0. The van der Waals surface area contributed by atoms with E-state index in [4.69, 9.17) is 0 Å². The molecule has 0 radical (unpaired) electrons. The zero-order chi connectivity index (χ0) is 27.6. The summed E-state index contributed by atoms with van der Waals surface area (Å²) >= 11 is 0. The molecule has 1 aliphatic heterocycles. The van der Waals surface area contributed by atoms with Gasteiger partial charge in [-0.25, -0.2) is 17.2 Å². The van der Waals surface area contributed by atoms with Crippen molar-refractivity contribution in [3.8, 4) is 0 Å². The molecule has 37 heavy (non-hydrogen) atoms. The third kappa shape index (κ3) is 6.19. The van der Waals surface area contributed by atoms with Gasteiger partial charge in [0.2, 0.25) is 5.91 Å². The van der Waals surface area contributed by atoms with E-state index < -0.39 is 21.5 Å². The normalized spacial score (nSPS) is 27.1. The number of amides is 1. The fourth-order valence-corrected chi connectivity index (χ4v) is 7.84. The zero-order valence-corrected chi connectivity index (χ0v) is 23.4. The third-order valence-corrected chi connectivity index (χ3v) is 10.5. The predicted octanol–water partition coefficient (Wildman–Crippen LogP) is 6.06. The molecular weight excluding hydrogens is 496 g/mol. The third-order valence-electron chi connectivity index (χ3n) is 8.67. The van der Waals surface area contributed by atoms with Crippen molar-refractivity contribution >= 4 is 21.4 Å². The summed E-state index contributed by atoms with van der Waals surface area (Å²) < 4.78 is 52.6. The van der Waals surface area contributed by atoms with E-state index in [1.165, 1.54) is 25.2 Å². The number of halogens is 2. The van der Waals surface area contributed by atoms with Crippen molar-refractivity contribution < 1.29 is 22.0 Å². The van der Waals surface area contributed by atoms with Gasteiger partial charge in [-0.3, -0.25) is 4.79 Å². The summed E-state index contributed by atoms with van der Waals surface area (Å²) in [6, 6.07) is 3.68. The van der Waals surface area contributed by atoms with Gasteiger partial charge in [-0.2, -0.15) is 10.2 Å². The van der Waals surface area contributed by atoms with Crippen molar-refractivity contribution in [3.63, 3.8) is 0 Å². The van der Waals surface area contributed by atoms with Gasteiger partial charge in [0.05, 0.1) is 22.8 Å². The molecule has 2 aliphatic rings. The van der Waals surface area contributed by atoms with Crippen LogP contribution in [0.4, 0.5) is 8.78 Å². The van der Waals surface area contributed by atoms with Crippen LogP contribution in [-0.4, -0.2) is 50.9 Å². The molecule has 3 atom stereocenters. The molecule has 1 saturated heterocycles. The highest BCUT2D eigenvalue weighted by Crippen LogP contribution is 2.58. The monoisotopic (exact) mass is 535 g/mol. The van der Waals surface area contributed by atoms with Crippen LogP contribution in [0.5, 0.6) is 0 Å². The summed E-state index contributed by atoms with van der Waals surface area (Å²) in [7, 11) is -1.58. The maximum absolute atomic E-state index is 14.5. The van der Waals surface area contributed by atoms with Crippen LogP contribution in [0.3, 0.4) is 0 Å². The summed E-state index contributed by atoms with van der Waals surface area (Å²) in [6.07, 6.45) is 4.07. The Morgan fingerprint density at radius 2 is 1.86 bits per heavy atom. The van der Waals surface area contributed by atoms with E-state index in [1.807, 2.05) is 11.8 Å². The standard InChI is InChI=1S/C28H39F2N3O3S/c1-7-33(25(34)16-20-12-14-37(35,36)17-20)18-28(5)13-11-21(27(28,3)4)19(2)15-24(32-31-6)26-22(29)9-8-10-23(26)30/h8-10,15,20-21H,2,7,11-14,16-18H2,1,3-6H3/b24-15-,32-31?/t20?,21-,28-/m0/s1. The number of sulfone groups is 1. The highest BCUT2D eigenvalue weighted by atomic mass is 32.2. The number of hydrogen-bond donors (Lipinski definition) is 0. The lowest BCUT2D eigenvalue weighted by Gasteiger charge is -2.45. The number of allylic oxidation sites excluding steroid dienone is 2. The fourth-order valence-electron chi connectivity index (χ4n) is 5.98. The number of nitrogens with zero attached hydrogens (tertiary/aromatic N) is 3. The molecule has 0 aromatic heterocycles. The second-order valence-electron chi connectivity index (χ2n) is 11.3. The van der Waals surface area contributed by atoms with Crippen LogP contribution in [0.1, 0.15) is 58.9 Å². The molecule has 9 heteroatoms. The molecule has 0 bridgehead atoms. The number of rotatable bonds is 9. The summed E-state index contributed by atoms with van der Waals surface area (Å²) in [5, 5.41) is 7.77. The lowest BCUT2D eigenvalue weighted by atomic mass is 9.64. The quantitative estimate of drug-likeness (QED) is 0.285. The lowest BCUT2D eigenvalue weighted by Crippen LogP contribution is -2.46.